The molecular formula is C16H19NO3. The highest BCUT2D eigenvalue weighted by Gasteiger charge is 2.11. The second-order valence-corrected chi connectivity index (χ2v) is 4.66. The highest BCUT2D eigenvalue weighted by atomic mass is 16.5. The van der Waals surface area contributed by atoms with E-state index in [0.29, 0.717) is 6.54 Å². The number of rotatable bonds is 5. The molecule has 0 unspecified atom stereocenters. The Bertz CT molecular complexity index is 584. The van der Waals surface area contributed by atoms with Crippen LogP contribution >= 0.6 is 0 Å². The van der Waals surface area contributed by atoms with Crippen LogP contribution in [-0.4, -0.2) is 17.3 Å². The lowest BCUT2D eigenvalue weighted by molar-refractivity contribution is 0.400. The van der Waals surface area contributed by atoms with E-state index in [1.807, 2.05) is 31.2 Å². The average molecular weight is 273 g/mol. The van der Waals surface area contributed by atoms with E-state index in [-0.39, 0.29) is 17.5 Å². The number of nitrogens with one attached hydrogen (secondary N) is 1. The zero-order chi connectivity index (χ0) is 14.5. The minimum Gasteiger partial charge on any atom is -0.508 e. The molecule has 0 saturated carbocycles. The molecule has 2 aromatic carbocycles. The molecule has 4 nitrogen and oxygen atoms in total. The highest BCUT2D eigenvalue weighted by Crippen LogP contribution is 2.26. The fraction of sp³-hybridized carbons (Fsp3) is 0.250. The monoisotopic (exact) mass is 273 g/mol. The molecule has 0 heterocycles. The fourth-order valence-electron chi connectivity index (χ4n) is 2.10. The number of benzene rings is 2. The van der Waals surface area contributed by atoms with Gasteiger partial charge in [0.1, 0.15) is 17.2 Å². The molecule has 0 aliphatic rings. The molecule has 1 atom stereocenters. The van der Waals surface area contributed by atoms with Crippen molar-refractivity contribution in [3.05, 3.63) is 53.6 Å². The summed E-state index contributed by atoms with van der Waals surface area (Å²) in [7, 11) is 1.65. The van der Waals surface area contributed by atoms with Crippen molar-refractivity contribution in [2.45, 2.75) is 19.5 Å². The van der Waals surface area contributed by atoms with Gasteiger partial charge in [-0.1, -0.05) is 24.3 Å². The van der Waals surface area contributed by atoms with Gasteiger partial charge in [0.25, 0.3) is 0 Å². The Hall–Kier alpha value is -2.20. The van der Waals surface area contributed by atoms with Crippen molar-refractivity contribution in [1.29, 1.82) is 0 Å². The van der Waals surface area contributed by atoms with Crippen molar-refractivity contribution in [1.82, 2.24) is 5.32 Å². The molecule has 0 spiro atoms. The van der Waals surface area contributed by atoms with E-state index in [1.54, 1.807) is 19.2 Å². The Morgan fingerprint density at radius 1 is 1.15 bits per heavy atom. The normalized spacial score (nSPS) is 12.1. The molecule has 106 valence electrons. The third-order valence-corrected chi connectivity index (χ3v) is 3.27. The van der Waals surface area contributed by atoms with Crippen molar-refractivity contribution >= 4 is 0 Å². The van der Waals surface area contributed by atoms with Crippen LogP contribution in [-0.2, 0) is 6.54 Å². The van der Waals surface area contributed by atoms with E-state index in [0.717, 1.165) is 16.9 Å². The molecule has 0 aliphatic carbocycles. The van der Waals surface area contributed by atoms with Gasteiger partial charge in [-0.2, -0.15) is 0 Å². The number of para-hydroxylation sites is 1. The number of aromatic hydroxyl groups is 2. The number of ether oxygens (including phenoxy) is 1. The molecule has 0 fully saturated rings. The summed E-state index contributed by atoms with van der Waals surface area (Å²) >= 11 is 0. The highest BCUT2D eigenvalue weighted by molar-refractivity contribution is 5.39. The molecular weight excluding hydrogens is 254 g/mol. The lowest BCUT2D eigenvalue weighted by Gasteiger charge is -2.17. The molecule has 4 heteroatoms. The zero-order valence-corrected chi connectivity index (χ0v) is 11.6. The van der Waals surface area contributed by atoms with Crippen LogP contribution in [0.3, 0.4) is 0 Å². The van der Waals surface area contributed by atoms with E-state index in [2.05, 4.69) is 5.32 Å². The number of hydrogen-bond donors (Lipinski definition) is 3. The minimum atomic E-state index is 0.0593. The third kappa shape index (κ3) is 3.22. The average Bonchev–Trinajstić information content (AvgIpc) is 2.46. The fourth-order valence-corrected chi connectivity index (χ4v) is 2.10. The van der Waals surface area contributed by atoms with E-state index in [4.69, 9.17) is 4.74 Å². The van der Waals surface area contributed by atoms with Gasteiger partial charge < -0.3 is 20.3 Å². The van der Waals surface area contributed by atoms with Crippen LogP contribution in [0.1, 0.15) is 24.1 Å². The van der Waals surface area contributed by atoms with Crippen LogP contribution in [0.4, 0.5) is 0 Å². The summed E-state index contributed by atoms with van der Waals surface area (Å²) in [6.07, 6.45) is 0. The third-order valence-electron chi connectivity index (χ3n) is 3.27. The summed E-state index contributed by atoms with van der Waals surface area (Å²) < 4.78 is 5.34. The van der Waals surface area contributed by atoms with E-state index in [9.17, 15) is 10.2 Å². The van der Waals surface area contributed by atoms with Crippen LogP contribution in [0, 0.1) is 0 Å². The first kappa shape index (κ1) is 14.2. The minimum absolute atomic E-state index is 0.0593. The molecule has 0 bridgehead atoms. The van der Waals surface area contributed by atoms with Crippen molar-refractivity contribution in [2.24, 2.45) is 0 Å². The summed E-state index contributed by atoms with van der Waals surface area (Å²) in [6, 6.07) is 12.5. The molecule has 0 radical (unpaired) electrons. The largest absolute Gasteiger partial charge is 0.508 e. The number of methoxy groups -OCH3 is 1. The van der Waals surface area contributed by atoms with Crippen LogP contribution in [0.2, 0.25) is 0 Å². The lowest BCUT2D eigenvalue weighted by atomic mass is 10.1. The second kappa shape index (κ2) is 6.30. The van der Waals surface area contributed by atoms with E-state index < -0.39 is 0 Å². The van der Waals surface area contributed by atoms with Gasteiger partial charge in [-0.15, -0.1) is 0 Å². The van der Waals surface area contributed by atoms with Crippen LogP contribution < -0.4 is 10.1 Å². The van der Waals surface area contributed by atoms with E-state index in [1.165, 1.54) is 6.07 Å². The Labute approximate surface area is 118 Å². The Kier molecular flexibility index (Phi) is 4.48. The quantitative estimate of drug-likeness (QED) is 0.784. The summed E-state index contributed by atoms with van der Waals surface area (Å²) in [5.41, 5.74) is 1.80. The number of phenols is 2. The van der Waals surface area contributed by atoms with Crippen LogP contribution in [0.15, 0.2) is 42.5 Å². The molecule has 0 amide bonds. The predicted molar refractivity (Wildman–Crippen MR) is 78.0 cm³/mol. The number of phenolic OH excluding ortho intramolecular Hbond substituents is 2. The zero-order valence-electron chi connectivity index (χ0n) is 11.6. The summed E-state index contributed by atoms with van der Waals surface area (Å²) in [5, 5.41) is 22.3. The Morgan fingerprint density at radius 2 is 1.90 bits per heavy atom. The first-order valence-corrected chi connectivity index (χ1v) is 6.49. The topological polar surface area (TPSA) is 61.7 Å². The summed E-state index contributed by atoms with van der Waals surface area (Å²) in [6.45, 7) is 2.54. The first-order chi connectivity index (χ1) is 9.61. The van der Waals surface area contributed by atoms with Crippen LogP contribution in [0.5, 0.6) is 17.2 Å². The van der Waals surface area contributed by atoms with Gasteiger partial charge in [0.2, 0.25) is 0 Å². The smallest absolute Gasteiger partial charge is 0.123 e. The van der Waals surface area contributed by atoms with Gasteiger partial charge in [0.15, 0.2) is 0 Å². The van der Waals surface area contributed by atoms with Gasteiger partial charge in [0, 0.05) is 29.8 Å². The maximum Gasteiger partial charge on any atom is 0.123 e. The van der Waals surface area contributed by atoms with E-state index >= 15 is 0 Å². The molecule has 20 heavy (non-hydrogen) atoms. The van der Waals surface area contributed by atoms with Gasteiger partial charge in [-0.25, -0.2) is 0 Å². The SMILES string of the molecule is COc1ccccc1[C@H](C)NCc1ccc(O)cc1O. The maximum absolute atomic E-state index is 9.75. The Morgan fingerprint density at radius 3 is 2.60 bits per heavy atom. The van der Waals surface area contributed by atoms with Crippen molar-refractivity contribution < 1.29 is 14.9 Å². The lowest BCUT2D eigenvalue weighted by Crippen LogP contribution is -2.18. The molecule has 2 aromatic rings. The molecule has 3 N–H and O–H groups in total. The van der Waals surface area contributed by atoms with Crippen molar-refractivity contribution in [2.75, 3.05) is 7.11 Å². The molecule has 0 saturated heterocycles. The summed E-state index contributed by atoms with van der Waals surface area (Å²) in [4.78, 5) is 0. The summed E-state index contributed by atoms with van der Waals surface area (Å²) in [5.74, 6) is 0.983. The van der Waals surface area contributed by atoms with Gasteiger partial charge in [0.05, 0.1) is 7.11 Å². The first-order valence-electron chi connectivity index (χ1n) is 6.49. The van der Waals surface area contributed by atoms with Crippen LogP contribution in [0.25, 0.3) is 0 Å². The Balaban J connectivity index is 2.06. The number of hydrogen-bond acceptors (Lipinski definition) is 4. The maximum atomic E-state index is 9.75. The molecule has 0 aliphatic heterocycles. The van der Waals surface area contributed by atoms with Crippen molar-refractivity contribution in [3.63, 3.8) is 0 Å². The predicted octanol–water partition coefficient (Wildman–Crippen LogP) is 2.96. The van der Waals surface area contributed by atoms with Gasteiger partial charge >= 0.3 is 0 Å². The second-order valence-electron chi connectivity index (χ2n) is 4.66. The van der Waals surface area contributed by atoms with Gasteiger partial charge in [-0.3, -0.25) is 0 Å². The standard InChI is InChI=1S/C16H19NO3/c1-11(14-5-3-4-6-16(14)20-2)17-10-12-7-8-13(18)9-15(12)19/h3-9,11,17-19H,10H2,1-2H3/t11-/m0/s1. The molecule has 2 rings (SSSR count). The van der Waals surface area contributed by atoms with Crippen molar-refractivity contribution in [3.8, 4) is 17.2 Å². The van der Waals surface area contributed by atoms with Gasteiger partial charge in [-0.05, 0) is 19.1 Å². The molecule has 0 aromatic heterocycles.